The molecule has 0 unspecified atom stereocenters. The van der Waals surface area contributed by atoms with Crippen LogP contribution in [0.3, 0.4) is 0 Å². The van der Waals surface area contributed by atoms with Crippen LogP contribution in [0.4, 0.5) is 0 Å². The maximum Gasteiger partial charge on any atom is 0.0963 e. The Bertz CT molecular complexity index is 882. The molecule has 3 rings (SSSR count). The minimum Gasteiger partial charge on any atom is -0.328 e. The van der Waals surface area contributed by atoms with Crippen LogP contribution in [-0.4, -0.2) is 19.6 Å². The van der Waals surface area contributed by atoms with Crippen molar-refractivity contribution in [2.75, 3.05) is 19.6 Å². The summed E-state index contributed by atoms with van der Waals surface area (Å²) in [6, 6.07) is 26.6. The van der Waals surface area contributed by atoms with Gasteiger partial charge in [-0.25, -0.2) is 0 Å². The Morgan fingerprint density at radius 1 is 0.690 bits per heavy atom. The fraction of sp³-hybridized carbons (Fsp3) is 0.154. The molecule has 1 N–H and O–H groups in total. The molecule has 0 aliphatic carbocycles. The van der Waals surface area contributed by atoms with Gasteiger partial charge in [-0.15, -0.1) is 0 Å². The minimum absolute atomic E-state index is 0.680. The van der Waals surface area contributed by atoms with Crippen LogP contribution >= 0.6 is 23.2 Å². The smallest absolute Gasteiger partial charge is 0.0963 e. The van der Waals surface area contributed by atoms with E-state index in [9.17, 15) is 0 Å². The average molecular weight is 423 g/mol. The highest BCUT2D eigenvalue weighted by Crippen LogP contribution is 2.20. The van der Waals surface area contributed by atoms with Crippen molar-refractivity contribution in [1.29, 1.82) is 0 Å². The molecule has 0 fully saturated rings. The van der Waals surface area contributed by atoms with Gasteiger partial charge in [0.25, 0.3) is 0 Å². The first-order chi connectivity index (χ1) is 14.2. The molecule has 0 aliphatic heterocycles. The van der Waals surface area contributed by atoms with Crippen LogP contribution in [0.5, 0.6) is 0 Å². The minimum atomic E-state index is 0.680. The summed E-state index contributed by atoms with van der Waals surface area (Å²) in [6.45, 7) is 2.91. The maximum atomic E-state index is 6.36. The van der Waals surface area contributed by atoms with E-state index in [1.165, 1.54) is 16.0 Å². The lowest BCUT2D eigenvalue weighted by Gasteiger charge is -2.17. The Balaban J connectivity index is 1.63. The molecule has 0 radical (unpaired) electrons. The van der Waals surface area contributed by atoms with Crippen molar-refractivity contribution in [2.24, 2.45) is 0 Å². The topological polar surface area (TPSA) is 4.44 Å². The van der Waals surface area contributed by atoms with Gasteiger partial charge in [-0.3, -0.25) is 0 Å². The number of quaternary nitrogens is 1. The maximum absolute atomic E-state index is 6.36. The van der Waals surface area contributed by atoms with Crippen LogP contribution in [-0.2, 0) is 6.42 Å². The van der Waals surface area contributed by atoms with E-state index in [0.29, 0.717) is 5.02 Å². The number of hydrogen-bond donors (Lipinski definition) is 1. The predicted molar refractivity (Wildman–Crippen MR) is 127 cm³/mol. The van der Waals surface area contributed by atoms with Gasteiger partial charge >= 0.3 is 0 Å². The SMILES string of the molecule is Clc1ccc(CC[NH+](C/C=C/c2ccccc2)C/C=C/c2ccccc2)c(Cl)c1. The molecule has 0 bridgehead atoms. The zero-order valence-electron chi connectivity index (χ0n) is 16.4. The Labute approximate surface area is 183 Å². The monoisotopic (exact) mass is 422 g/mol. The second-order valence-electron chi connectivity index (χ2n) is 7.02. The van der Waals surface area contributed by atoms with Gasteiger partial charge in [0, 0.05) is 16.5 Å². The van der Waals surface area contributed by atoms with Gasteiger partial charge < -0.3 is 4.90 Å². The molecule has 3 heteroatoms. The van der Waals surface area contributed by atoms with Crippen molar-refractivity contribution in [3.05, 3.63) is 118 Å². The highest BCUT2D eigenvalue weighted by molar-refractivity contribution is 6.35. The average Bonchev–Trinajstić information content (AvgIpc) is 2.74. The standard InChI is InChI=1S/C26H25Cl2N/c27-25-16-15-24(26(28)21-25)17-20-29(18-7-13-22-9-3-1-4-10-22)19-8-14-23-11-5-2-6-12-23/h1-16,21H,17-20H2/p+1/b13-7+,14-8+. The molecule has 1 nitrogen and oxygen atoms in total. The Morgan fingerprint density at radius 2 is 1.24 bits per heavy atom. The molecule has 0 spiro atoms. The van der Waals surface area contributed by atoms with Gasteiger partial charge in [-0.1, -0.05) is 102 Å². The van der Waals surface area contributed by atoms with Crippen molar-refractivity contribution in [3.8, 4) is 0 Å². The Hall–Kier alpha value is -2.32. The second-order valence-corrected chi connectivity index (χ2v) is 7.86. The molecular weight excluding hydrogens is 397 g/mol. The van der Waals surface area contributed by atoms with Crippen LogP contribution < -0.4 is 4.90 Å². The molecule has 0 aliphatic rings. The Kier molecular flexibility index (Phi) is 8.58. The van der Waals surface area contributed by atoms with E-state index in [2.05, 4.69) is 72.8 Å². The third-order valence-corrected chi connectivity index (χ3v) is 5.38. The van der Waals surface area contributed by atoms with Gasteiger partial charge in [0.15, 0.2) is 0 Å². The van der Waals surface area contributed by atoms with Crippen LogP contribution in [0.25, 0.3) is 12.2 Å². The molecule has 148 valence electrons. The first-order valence-corrected chi connectivity index (χ1v) is 10.7. The summed E-state index contributed by atoms with van der Waals surface area (Å²) in [6.07, 6.45) is 9.81. The highest BCUT2D eigenvalue weighted by Gasteiger charge is 2.08. The predicted octanol–water partition coefficient (Wildman–Crippen LogP) is 5.85. The molecule has 0 atom stereocenters. The van der Waals surface area contributed by atoms with Crippen molar-refractivity contribution in [1.82, 2.24) is 0 Å². The van der Waals surface area contributed by atoms with Gasteiger partial charge in [-0.05, 0) is 41.0 Å². The van der Waals surface area contributed by atoms with Crippen LogP contribution in [0.15, 0.2) is 91.0 Å². The van der Waals surface area contributed by atoms with Gasteiger partial charge in [-0.2, -0.15) is 0 Å². The molecule has 0 amide bonds. The summed E-state index contributed by atoms with van der Waals surface area (Å²) in [5.74, 6) is 0. The van der Waals surface area contributed by atoms with Gasteiger partial charge in [0.2, 0.25) is 0 Å². The van der Waals surface area contributed by atoms with Crippen LogP contribution in [0.2, 0.25) is 10.0 Å². The summed E-state index contributed by atoms with van der Waals surface area (Å²) in [4.78, 5) is 1.48. The first kappa shape index (κ1) is 21.4. The number of benzene rings is 3. The Morgan fingerprint density at radius 3 is 1.76 bits per heavy atom. The van der Waals surface area contributed by atoms with Gasteiger partial charge in [0.05, 0.1) is 19.6 Å². The van der Waals surface area contributed by atoms with Crippen LogP contribution in [0, 0.1) is 0 Å². The molecule has 3 aromatic carbocycles. The van der Waals surface area contributed by atoms with E-state index in [0.717, 1.165) is 36.6 Å². The second kappa shape index (κ2) is 11.6. The number of nitrogens with one attached hydrogen (secondary N) is 1. The van der Waals surface area contributed by atoms with E-state index in [4.69, 9.17) is 23.2 Å². The molecule has 0 saturated carbocycles. The fourth-order valence-corrected chi connectivity index (χ4v) is 3.68. The summed E-state index contributed by atoms with van der Waals surface area (Å²) in [7, 11) is 0. The summed E-state index contributed by atoms with van der Waals surface area (Å²) in [5, 5.41) is 1.43. The number of halogens is 2. The normalized spacial score (nSPS) is 11.7. The fourth-order valence-electron chi connectivity index (χ4n) is 3.17. The van der Waals surface area contributed by atoms with E-state index < -0.39 is 0 Å². The third kappa shape index (κ3) is 7.55. The van der Waals surface area contributed by atoms with E-state index in [-0.39, 0.29) is 0 Å². The highest BCUT2D eigenvalue weighted by atomic mass is 35.5. The largest absolute Gasteiger partial charge is 0.328 e. The lowest BCUT2D eigenvalue weighted by molar-refractivity contribution is -0.887. The van der Waals surface area contributed by atoms with Gasteiger partial charge in [0.1, 0.15) is 0 Å². The summed E-state index contributed by atoms with van der Waals surface area (Å²) in [5.41, 5.74) is 3.60. The van der Waals surface area contributed by atoms with Crippen molar-refractivity contribution in [2.45, 2.75) is 6.42 Å². The zero-order valence-corrected chi connectivity index (χ0v) is 17.9. The molecule has 3 aromatic rings. The molecular formula is C26H26Cl2N+. The third-order valence-electron chi connectivity index (χ3n) is 4.80. The van der Waals surface area contributed by atoms with E-state index in [1.54, 1.807) is 0 Å². The molecule has 29 heavy (non-hydrogen) atoms. The van der Waals surface area contributed by atoms with E-state index >= 15 is 0 Å². The quantitative estimate of drug-likeness (QED) is 0.441. The number of rotatable bonds is 9. The molecule has 0 aromatic heterocycles. The lowest BCUT2D eigenvalue weighted by Crippen LogP contribution is -3.11. The van der Waals surface area contributed by atoms with Crippen molar-refractivity contribution >= 4 is 35.4 Å². The lowest BCUT2D eigenvalue weighted by atomic mass is 10.1. The zero-order chi connectivity index (χ0) is 20.3. The van der Waals surface area contributed by atoms with Crippen molar-refractivity contribution < 1.29 is 4.90 Å². The van der Waals surface area contributed by atoms with E-state index in [1.807, 2.05) is 30.3 Å². The first-order valence-electron chi connectivity index (χ1n) is 9.91. The summed E-state index contributed by atoms with van der Waals surface area (Å²) >= 11 is 12.4. The summed E-state index contributed by atoms with van der Waals surface area (Å²) < 4.78 is 0. The molecule has 0 heterocycles. The molecule has 0 saturated heterocycles. The number of hydrogen-bond acceptors (Lipinski definition) is 0. The van der Waals surface area contributed by atoms with Crippen molar-refractivity contribution in [3.63, 3.8) is 0 Å². The van der Waals surface area contributed by atoms with Crippen LogP contribution in [0.1, 0.15) is 16.7 Å².